The van der Waals surface area contributed by atoms with Gasteiger partial charge in [0.2, 0.25) is 0 Å². The Balaban J connectivity index is 1.83. The average molecular weight is 248 g/mol. The maximum Gasteiger partial charge on any atom is 0.161 e. The highest BCUT2D eigenvalue weighted by molar-refractivity contribution is 5.45. The Bertz CT molecular complexity index is 422. The third-order valence-corrected chi connectivity index (χ3v) is 3.82. The van der Waals surface area contributed by atoms with Crippen LogP contribution in [-0.2, 0) is 0 Å². The van der Waals surface area contributed by atoms with Crippen LogP contribution in [0.5, 0.6) is 11.5 Å². The SMILES string of the molecule is NCCC1NCCC1c1ccc2c(c1)OCCO2. The monoisotopic (exact) mass is 248 g/mol. The number of hydrogen-bond donors (Lipinski definition) is 2. The van der Waals surface area contributed by atoms with Gasteiger partial charge < -0.3 is 20.5 Å². The molecule has 4 heteroatoms. The lowest BCUT2D eigenvalue weighted by Crippen LogP contribution is -2.28. The summed E-state index contributed by atoms with van der Waals surface area (Å²) in [6, 6.07) is 6.82. The fourth-order valence-electron chi connectivity index (χ4n) is 2.94. The van der Waals surface area contributed by atoms with Gasteiger partial charge in [-0.15, -0.1) is 0 Å². The molecule has 2 atom stereocenters. The van der Waals surface area contributed by atoms with Crippen LogP contribution in [0.3, 0.4) is 0 Å². The second-order valence-corrected chi connectivity index (χ2v) is 4.94. The molecular formula is C14H20N2O2. The van der Waals surface area contributed by atoms with E-state index in [9.17, 15) is 0 Å². The first-order chi connectivity index (χ1) is 8.88. The van der Waals surface area contributed by atoms with Gasteiger partial charge in [0.05, 0.1) is 0 Å². The number of nitrogens with one attached hydrogen (secondary N) is 1. The van der Waals surface area contributed by atoms with Crippen molar-refractivity contribution in [2.24, 2.45) is 5.73 Å². The van der Waals surface area contributed by atoms with E-state index in [-0.39, 0.29) is 0 Å². The normalized spacial score (nSPS) is 26.3. The largest absolute Gasteiger partial charge is 0.486 e. The molecule has 0 amide bonds. The van der Waals surface area contributed by atoms with Crippen LogP contribution in [0.2, 0.25) is 0 Å². The minimum atomic E-state index is 0.498. The zero-order valence-electron chi connectivity index (χ0n) is 10.5. The van der Waals surface area contributed by atoms with Crippen molar-refractivity contribution in [3.63, 3.8) is 0 Å². The molecule has 0 radical (unpaired) electrons. The number of ether oxygens (including phenoxy) is 2. The Morgan fingerprint density at radius 1 is 1.22 bits per heavy atom. The van der Waals surface area contributed by atoms with Gasteiger partial charge in [-0.2, -0.15) is 0 Å². The van der Waals surface area contributed by atoms with Crippen molar-refractivity contribution in [3.8, 4) is 11.5 Å². The molecule has 98 valence electrons. The molecule has 0 aromatic heterocycles. The van der Waals surface area contributed by atoms with Crippen molar-refractivity contribution in [3.05, 3.63) is 23.8 Å². The summed E-state index contributed by atoms with van der Waals surface area (Å²) < 4.78 is 11.2. The van der Waals surface area contributed by atoms with E-state index in [1.165, 1.54) is 12.0 Å². The molecule has 1 aromatic rings. The lowest BCUT2D eigenvalue weighted by atomic mass is 9.90. The Morgan fingerprint density at radius 3 is 2.89 bits per heavy atom. The summed E-state index contributed by atoms with van der Waals surface area (Å²) >= 11 is 0. The van der Waals surface area contributed by atoms with E-state index in [1.807, 2.05) is 6.07 Å². The second-order valence-electron chi connectivity index (χ2n) is 4.94. The average Bonchev–Trinajstić information content (AvgIpc) is 2.87. The molecule has 3 N–H and O–H groups in total. The lowest BCUT2D eigenvalue weighted by molar-refractivity contribution is 0.171. The molecule has 0 spiro atoms. The standard InChI is InChI=1S/C14H20N2O2/c15-5-3-12-11(4-6-16-12)10-1-2-13-14(9-10)18-8-7-17-13/h1-2,9,11-12,16H,3-8,15H2. The fourth-order valence-corrected chi connectivity index (χ4v) is 2.94. The third kappa shape index (κ3) is 2.18. The minimum Gasteiger partial charge on any atom is -0.486 e. The molecular weight excluding hydrogens is 228 g/mol. The van der Waals surface area contributed by atoms with Crippen LogP contribution in [0, 0.1) is 0 Å². The minimum absolute atomic E-state index is 0.498. The molecule has 1 aromatic carbocycles. The molecule has 3 rings (SSSR count). The summed E-state index contributed by atoms with van der Waals surface area (Å²) in [5, 5.41) is 3.53. The zero-order chi connectivity index (χ0) is 12.4. The summed E-state index contributed by atoms with van der Waals surface area (Å²) in [5.41, 5.74) is 7.01. The van der Waals surface area contributed by atoms with Gasteiger partial charge in [-0.1, -0.05) is 6.07 Å². The van der Waals surface area contributed by atoms with Crippen molar-refractivity contribution in [1.82, 2.24) is 5.32 Å². The number of fused-ring (bicyclic) bond motifs is 1. The van der Waals surface area contributed by atoms with Gasteiger partial charge in [-0.25, -0.2) is 0 Å². The molecule has 4 nitrogen and oxygen atoms in total. The van der Waals surface area contributed by atoms with Crippen molar-refractivity contribution >= 4 is 0 Å². The van der Waals surface area contributed by atoms with Crippen LogP contribution >= 0.6 is 0 Å². The van der Waals surface area contributed by atoms with Crippen LogP contribution in [0.25, 0.3) is 0 Å². The van der Waals surface area contributed by atoms with Crippen LogP contribution in [0.4, 0.5) is 0 Å². The quantitative estimate of drug-likeness (QED) is 0.845. The first kappa shape index (κ1) is 11.8. The highest BCUT2D eigenvalue weighted by Gasteiger charge is 2.28. The first-order valence-corrected chi connectivity index (χ1v) is 6.71. The zero-order valence-corrected chi connectivity index (χ0v) is 10.5. The van der Waals surface area contributed by atoms with Gasteiger partial charge in [0.1, 0.15) is 13.2 Å². The van der Waals surface area contributed by atoms with Crippen molar-refractivity contribution in [2.75, 3.05) is 26.3 Å². The molecule has 0 saturated carbocycles. The Morgan fingerprint density at radius 2 is 2.06 bits per heavy atom. The smallest absolute Gasteiger partial charge is 0.161 e. The molecule has 0 bridgehead atoms. The summed E-state index contributed by atoms with van der Waals surface area (Å²) in [4.78, 5) is 0. The summed E-state index contributed by atoms with van der Waals surface area (Å²) in [7, 11) is 0. The maximum atomic E-state index is 5.67. The summed E-state index contributed by atoms with van der Waals surface area (Å²) in [5.74, 6) is 2.30. The summed E-state index contributed by atoms with van der Waals surface area (Å²) in [6.45, 7) is 3.10. The number of hydrogen-bond acceptors (Lipinski definition) is 4. The van der Waals surface area contributed by atoms with Crippen LogP contribution < -0.4 is 20.5 Å². The number of rotatable bonds is 3. The second kappa shape index (κ2) is 5.16. The molecule has 1 saturated heterocycles. The van der Waals surface area contributed by atoms with Crippen LogP contribution in [0.15, 0.2) is 18.2 Å². The van der Waals surface area contributed by atoms with Crippen molar-refractivity contribution in [2.45, 2.75) is 24.8 Å². The van der Waals surface area contributed by atoms with Gasteiger partial charge in [0.25, 0.3) is 0 Å². The van der Waals surface area contributed by atoms with Gasteiger partial charge in [-0.3, -0.25) is 0 Å². The molecule has 2 unspecified atom stereocenters. The predicted molar refractivity (Wildman–Crippen MR) is 70.3 cm³/mol. The van der Waals surface area contributed by atoms with E-state index in [2.05, 4.69) is 17.4 Å². The van der Waals surface area contributed by atoms with Gasteiger partial charge >= 0.3 is 0 Å². The van der Waals surface area contributed by atoms with Gasteiger partial charge in [-0.05, 0) is 43.6 Å². The van der Waals surface area contributed by atoms with Crippen LogP contribution in [0.1, 0.15) is 24.3 Å². The van der Waals surface area contributed by atoms with E-state index < -0.39 is 0 Å². The third-order valence-electron chi connectivity index (χ3n) is 3.82. The highest BCUT2D eigenvalue weighted by Crippen LogP contribution is 2.36. The topological polar surface area (TPSA) is 56.5 Å². The Labute approximate surface area is 107 Å². The Kier molecular flexibility index (Phi) is 3.39. The molecule has 2 heterocycles. The van der Waals surface area contributed by atoms with E-state index in [1.54, 1.807) is 0 Å². The summed E-state index contributed by atoms with van der Waals surface area (Å²) in [6.07, 6.45) is 2.20. The van der Waals surface area contributed by atoms with E-state index in [4.69, 9.17) is 15.2 Å². The Hall–Kier alpha value is -1.26. The predicted octanol–water partition coefficient (Wildman–Crippen LogP) is 1.25. The van der Waals surface area contributed by atoms with Gasteiger partial charge in [0, 0.05) is 12.0 Å². The number of nitrogens with two attached hydrogens (primary N) is 1. The fraction of sp³-hybridized carbons (Fsp3) is 0.571. The van der Waals surface area contributed by atoms with Crippen molar-refractivity contribution in [1.29, 1.82) is 0 Å². The maximum absolute atomic E-state index is 5.67. The molecule has 1 fully saturated rings. The first-order valence-electron chi connectivity index (χ1n) is 6.71. The molecule has 2 aliphatic heterocycles. The van der Waals surface area contributed by atoms with Crippen LogP contribution in [-0.4, -0.2) is 32.3 Å². The van der Waals surface area contributed by atoms with E-state index in [0.717, 1.165) is 31.0 Å². The highest BCUT2D eigenvalue weighted by atomic mass is 16.6. The van der Waals surface area contributed by atoms with Crippen molar-refractivity contribution < 1.29 is 9.47 Å². The number of benzene rings is 1. The molecule has 18 heavy (non-hydrogen) atoms. The molecule has 2 aliphatic rings. The lowest BCUT2D eigenvalue weighted by Gasteiger charge is -2.23. The molecule has 0 aliphatic carbocycles. The van der Waals surface area contributed by atoms with Gasteiger partial charge in [0.15, 0.2) is 11.5 Å². The van der Waals surface area contributed by atoms with E-state index in [0.29, 0.717) is 25.2 Å². The van der Waals surface area contributed by atoms with E-state index >= 15 is 0 Å².